The molecule has 3 rings (SSSR count). The molecule has 1 saturated carbocycles. The third-order valence-electron chi connectivity index (χ3n) is 5.68. The van der Waals surface area contributed by atoms with E-state index in [1.54, 1.807) is 0 Å². The molecule has 0 amide bonds. The van der Waals surface area contributed by atoms with Gasteiger partial charge in [0.05, 0.1) is 0 Å². The molecule has 1 unspecified atom stereocenters. The van der Waals surface area contributed by atoms with Gasteiger partial charge in [-0.2, -0.15) is 0 Å². The van der Waals surface area contributed by atoms with Gasteiger partial charge in [-0.15, -0.1) is 11.3 Å². The largest absolute Gasteiger partial charge is 0.356 e. The summed E-state index contributed by atoms with van der Waals surface area (Å²) in [5.41, 5.74) is 0. The summed E-state index contributed by atoms with van der Waals surface area (Å²) in [5, 5.41) is 9.33. The van der Waals surface area contributed by atoms with Gasteiger partial charge in [0.25, 0.3) is 0 Å². The van der Waals surface area contributed by atoms with Crippen LogP contribution in [0.4, 0.5) is 0 Å². The van der Waals surface area contributed by atoms with E-state index in [1.165, 1.54) is 56.5 Å². The number of likely N-dealkylation sites (tertiary alicyclic amines) is 1. The molecule has 0 radical (unpaired) electrons. The molecule has 2 fully saturated rings. The van der Waals surface area contributed by atoms with E-state index in [-0.39, 0.29) is 0 Å². The first-order valence-electron chi connectivity index (χ1n) is 9.98. The number of piperidine rings is 1. The minimum Gasteiger partial charge on any atom is -0.356 e. The van der Waals surface area contributed by atoms with Gasteiger partial charge in [0.15, 0.2) is 5.96 Å². The Hall–Kier alpha value is -1.07. The van der Waals surface area contributed by atoms with Crippen LogP contribution in [0.3, 0.4) is 0 Å². The van der Waals surface area contributed by atoms with Crippen molar-refractivity contribution in [2.75, 3.05) is 26.7 Å². The number of thiophene rings is 1. The maximum atomic E-state index is 4.43. The lowest BCUT2D eigenvalue weighted by Crippen LogP contribution is -2.50. The van der Waals surface area contributed by atoms with Crippen LogP contribution < -0.4 is 10.6 Å². The van der Waals surface area contributed by atoms with Gasteiger partial charge in [-0.3, -0.25) is 4.99 Å². The lowest BCUT2D eigenvalue weighted by Gasteiger charge is -2.36. The number of nitrogens with zero attached hydrogens (tertiary/aromatic N) is 2. The molecule has 25 heavy (non-hydrogen) atoms. The van der Waals surface area contributed by atoms with Crippen LogP contribution in [-0.4, -0.2) is 49.6 Å². The Morgan fingerprint density at radius 2 is 2.04 bits per heavy atom. The quantitative estimate of drug-likeness (QED) is 0.601. The summed E-state index contributed by atoms with van der Waals surface area (Å²) in [6.45, 7) is 5.76. The summed E-state index contributed by atoms with van der Waals surface area (Å²) >= 11 is 1.85. The van der Waals surface area contributed by atoms with Gasteiger partial charge >= 0.3 is 0 Å². The number of rotatable bonds is 6. The fourth-order valence-electron chi connectivity index (χ4n) is 4.18. The molecule has 5 heteroatoms. The SMILES string of the molecule is CN=C(NCC(C)Cc1cccs1)NC1CCN(C2CCCC2)CC1. The molecule has 0 bridgehead atoms. The molecule has 1 saturated heterocycles. The first-order valence-corrected chi connectivity index (χ1v) is 10.9. The minimum atomic E-state index is 0.566. The van der Waals surface area contributed by atoms with Crippen LogP contribution >= 0.6 is 11.3 Å². The van der Waals surface area contributed by atoms with E-state index in [9.17, 15) is 0 Å². The topological polar surface area (TPSA) is 39.7 Å². The maximum Gasteiger partial charge on any atom is 0.191 e. The van der Waals surface area contributed by atoms with Crippen molar-refractivity contribution in [3.63, 3.8) is 0 Å². The van der Waals surface area contributed by atoms with Crippen molar-refractivity contribution in [2.24, 2.45) is 10.9 Å². The normalized spacial score (nSPS) is 22.2. The second kappa shape index (κ2) is 9.58. The van der Waals surface area contributed by atoms with Crippen LogP contribution in [-0.2, 0) is 6.42 Å². The highest BCUT2D eigenvalue weighted by Gasteiger charge is 2.27. The molecule has 0 aromatic carbocycles. The highest BCUT2D eigenvalue weighted by Crippen LogP contribution is 2.26. The van der Waals surface area contributed by atoms with Crippen molar-refractivity contribution in [1.82, 2.24) is 15.5 Å². The molecule has 1 atom stereocenters. The number of aliphatic imine (C=N–C) groups is 1. The Morgan fingerprint density at radius 1 is 1.28 bits per heavy atom. The standard InChI is InChI=1S/C20H34N4S/c1-16(14-19-8-5-13-25-19)15-22-20(21-2)23-17-9-11-24(12-10-17)18-6-3-4-7-18/h5,8,13,16-18H,3-4,6-7,9-12,14-15H2,1-2H3,(H2,21,22,23). The third kappa shape index (κ3) is 5.71. The first kappa shape index (κ1) is 18.7. The fraction of sp³-hybridized carbons (Fsp3) is 0.750. The van der Waals surface area contributed by atoms with Crippen LogP contribution in [0.2, 0.25) is 0 Å². The Balaban J connectivity index is 1.36. The minimum absolute atomic E-state index is 0.566. The zero-order valence-corrected chi connectivity index (χ0v) is 16.7. The predicted octanol–water partition coefficient (Wildman–Crippen LogP) is 3.50. The van der Waals surface area contributed by atoms with Crippen molar-refractivity contribution in [3.05, 3.63) is 22.4 Å². The molecular formula is C20H34N4S. The van der Waals surface area contributed by atoms with E-state index in [2.05, 4.69) is 45.0 Å². The average molecular weight is 363 g/mol. The van der Waals surface area contributed by atoms with Crippen molar-refractivity contribution in [1.29, 1.82) is 0 Å². The van der Waals surface area contributed by atoms with Crippen LogP contribution in [0.25, 0.3) is 0 Å². The summed E-state index contributed by atoms with van der Waals surface area (Å²) in [6.07, 6.45) is 9.32. The van der Waals surface area contributed by atoms with Gasteiger partial charge in [-0.05, 0) is 49.5 Å². The predicted molar refractivity (Wildman–Crippen MR) is 109 cm³/mol. The first-order chi connectivity index (χ1) is 12.2. The Morgan fingerprint density at radius 3 is 2.68 bits per heavy atom. The monoisotopic (exact) mass is 362 g/mol. The van der Waals surface area contributed by atoms with E-state index < -0.39 is 0 Å². The molecule has 2 heterocycles. The number of hydrogen-bond donors (Lipinski definition) is 2. The summed E-state index contributed by atoms with van der Waals surface area (Å²) in [7, 11) is 1.88. The van der Waals surface area contributed by atoms with Gasteiger partial charge in [0.2, 0.25) is 0 Å². The molecule has 0 spiro atoms. The van der Waals surface area contributed by atoms with Crippen molar-refractivity contribution < 1.29 is 0 Å². The van der Waals surface area contributed by atoms with Gasteiger partial charge in [0.1, 0.15) is 0 Å². The van der Waals surface area contributed by atoms with E-state index in [4.69, 9.17) is 0 Å². The second-order valence-electron chi connectivity index (χ2n) is 7.73. The molecular weight excluding hydrogens is 328 g/mol. The fourth-order valence-corrected chi connectivity index (χ4v) is 5.05. The van der Waals surface area contributed by atoms with E-state index >= 15 is 0 Å². The van der Waals surface area contributed by atoms with Crippen LogP contribution in [0.1, 0.15) is 50.3 Å². The van der Waals surface area contributed by atoms with E-state index in [0.717, 1.165) is 25.0 Å². The van der Waals surface area contributed by atoms with E-state index in [0.29, 0.717) is 12.0 Å². The highest BCUT2D eigenvalue weighted by molar-refractivity contribution is 7.09. The number of hydrogen-bond acceptors (Lipinski definition) is 3. The Kier molecular flexibility index (Phi) is 7.17. The summed E-state index contributed by atoms with van der Waals surface area (Å²) in [5.74, 6) is 1.58. The van der Waals surface area contributed by atoms with Crippen LogP contribution in [0.5, 0.6) is 0 Å². The number of nitrogens with one attached hydrogen (secondary N) is 2. The smallest absolute Gasteiger partial charge is 0.191 e. The summed E-state index contributed by atoms with van der Waals surface area (Å²) < 4.78 is 0. The van der Waals surface area contributed by atoms with Crippen LogP contribution in [0, 0.1) is 5.92 Å². The lowest BCUT2D eigenvalue weighted by molar-refractivity contribution is 0.150. The van der Waals surface area contributed by atoms with E-state index in [1.807, 2.05) is 18.4 Å². The maximum absolute atomic E-state index is 4.43. The third-order valence-corrected chi connectivity index (χ3v) is 6.58. The Bertz CT molecular complexity index is 514. The Labute approximate surface area is 157 Å². The van der Waals surface area contributed by atoms with Crippen molar-refractivity contribution >= 4 is 17.3 Å². The molecule has 1 aromatic rings. The zero-order valence-electron chi connectivity index (χ0n) is 15.8. The number of guanidine groups is 1. The molecule has 2 N–H and O–H groups in total. The van der Waals surface area contributed by atoms with Gasteiger partial charge < -0.3 is 15.5 Å². The zero-order chi connectivity index (χ0) is 17.5. The van der Waals surface area contributed by atoms with Crippen LogP contribution in [0.15, 0.2) is 22.5 Å². The second-order valence-corrected chi connectivity index (χ2v) is 8.77. The molecule has 1 aromatic heterocycles. The van der Waals surface area contributed by atoms with Crippen molar-refractivity contribution in [2.45, 2.75) is 64.0 Å². The molecule has 2 aliphatic rings. The molecule has 140 valence electrons. The van der Waals surface area contributed by atoms with Gasteiger partial charge in [-0.1, -0.05) is 25.8 Å². The summed E-state index contributed by atoms with van der Waals surface area (Å²) in [6, 6.07) is 5.80. The van der Waals surface area contributed by atoms with Crippen molar-refractivity contribution in [3.8, 4) is 0 Å². The molecule has 4 nitrogen and oxygen atoms in total. The highest BCUT2D eigenvalue weighted by atomic mass is 32.1. The molecule has 1 aliphatic carbocycles. The average Bonchev–Trinajstić information content (AvgIpc) is 3.33. The van der Waals surface area contributed by atoms with Gasteiger partial charge in [-0.25, -0.2) is 0 Å². The summed E-state index contributed by atoms with van der Waals surface area (Å²) in [4.78, 5) is 8.63. The lowest BCUT2D eigenvalue weighted by atomic mass is 10.0. The molecule has 1 aliphatic heterocycles. The van der Waals surface area contributed by atoms with Gasteiger partial charge in [0, 0.05) is 43.6 Å².